The second-order valence-electron chi connectivity index (χ2n) is 6.54. The van der Waals surface area contributed by atoms with Gasteiger partial charge in [0, 0.05) is 12.2 Å². The Morgan fingerprint density at radius 2 is 2.04 bits per heavy atom. The fourth-order valence-electron chi connectivity index (χ4n) is 3.10. The smallest absolute Gasteiger partial charge is 0.329 e. The summed E-state index contributed by atoms with van der Waals surface area (Å²) >= 11 is 0. The van der Waals surface area contributed by atoms with Gasteiger partial charge < -0.3 is 19.4 Å². The molecular weight excluding hydrogens is 348 g/mol. The van der Waals surface area contributed by atoms with Gasteiger partial charge in [-0.1, -0.05) is 12.1 Å². The summed E-state index contributed by atoms with van der Waals surface area (Å²) in [6, 6.07) is 8.07. The van der Waals surface area contributed by atoms with Crippen LogP contribution in [0.2, 0.25) is 0 Å². The molecule has 7 heteroatoms. The molecule has 7 nitrogen and oxygen atoms in total. The van der Waals surface area contributed by atoms with E-state index in [0.29, 0.717) is 25.1 Å². The molecule has 1 fully saturated rings. The first-order valence-corrected chi connectivity index (χ1v) is 8.84. The van der Waals surface area contributed by atoms with Gasteiger partial charge in [-0.3, -0.25) is 9.59 Å². The number of rotatable bonds is 5. The Labute approximate surface area is 157 Å². The zero-order valence-corrected chi connectivity index (χ0v) is 15.4. The predicted molar refractivity (Wildman–Crippen MR) is 98.3 cm³/mol. The van der Waals surface area contributed by atoms with Crippen LogP contribution >= 0.6 is 0 Å². The van der Waals surface area contributed by atoms with Crippen LogP contribution in [0.4, 0.5) is 5.69 Å². The summed E-state index contributed by atoms with van der Waals surface area (Å²) < 4.78 is 10.3. The van der Waals surface area contributed by atoms with Crippen LogP contribution in [0.3, 0.4) is 0 Å². The van der Waals surface area contributed by atoms with Crippen molar-refractivity contribution < 1.29 is 23.5 Å². The van der Waals surface area contributed by atoms with Crippen molar-refractivity contribution >= 4 is 23.5 Å². The van der Waals surface area contributed by atoms with E-state index < -0.39 is 24.5 Å². The lowest BCUT2D eigenvalue weighted by atomic mass is 10.1. The molecule has 0 spiro atoms. The highest BCUT2D eigenvalue weighted by Gasteiger charge is 2.36. The lowest BCUT2D eigenvalue weighted by molar-refractivity contribution is -0.151. The van der Waals surface area contributed by atoms with E-state index in [4.69, 9.17) is 9.15 Å². The normalized spacial score (nSPS) is 16.2. The molecule has 0 saturated carbocycles. The van der Waals surface area contributed by atoms with Gasteiger partial charge in [-0.2, -0.15) is 0 Å². The minimum Gasteiger partial charge on any atom is -0.459 e. The topological polar surface area (TPSA) is 88.9 Å². The van der Waals surface area contributed by atoms with Gasteiger partial charge in [0.2, 0.25) is 0 Å². The van der Waals surface area contributed by atoms with Crippen molar-refractivity contribution in [2.45, 2.75) is 32.7 Å². The first-order chi connectivity index (χ1) is 13.0. The van der Waals surface area contributed by atoms with Crippen molar-refractivity contribution in [2.75, 3.05) is 18.5 Å². The molecule has 1 atom stereocenters. The van der Waals surface area contributed by atoms with Crippen LogP contribution in [0.15, 0.2) is 41.0 Å². The van der Waals surface area contributed by atoms with E-state index >= 15 is 0 Å². The summed E-state index contributed by atoms with van der Waals surface area (Å²) in [6.45, 7) is 3.92. The standard InChI is InChI=1S/C20H22N2O5/c1-13-6-3-7-15(14(13)2)21-18(23)12-27-20(25)16-8-4-10-22(16)19(24)17-9-5-11-26-17/h3,5-7,9,11,16H,4,8,10,12H2,1-2H3,(H,21,23)/t16-/m0/s1. The quantitative estimate of drug-likeness (QED) is 0.818. The molecule has 0 radical (unpaired) electrons. The van der Waals surface area contributed by atoms with Gasteiger partial charge in [0.15, 0.2) is 12.4 Å². The monoisotopic (exact) mass is 370 g/mol. The highest BCUT2D eigenvalue weighted by atomic mass is 16.5. The number of nitrogens with one attached hydrogen (secondary N) is 1. The molecule has 0 bridgehead atoms. The molecule has 0 aliphatic carbocycles. The molecule has 2 aromatic rings. The van der Waals surface area contributed by atoms with E-state index in [9.17, 15) is 14.4 Å². The second-order valence-corrected chi connectivity index (χ2v) is 6.54. The molecule has 1 aromatic heterocycles. The summed E-state index contributed by atoms with van der Waals surface area (Å²) in [4.78, 5) is 38.3. The molecule has 2 amide bonds. The van der Waals surface area contributed by atoms with Gasteiger partial charge >= 0.3 is 5.97 Å². The number of amides is 2. The molecule has 27 heavy (non-hydrogen) atoms. The number of likely N-dealkylation sites (tertiary alicyclic amines) is 1. The molecule has 1 aliphatic rings. The minimum absolute atomic E-state index is 0.183. The summed E-state index contributed by atoms with van der Waals surface area (Å²) in [5.74, 6) is -1.16. The zero-order valence-electron chi connectivity index (χ0n) is 15.4. The fourth-order valence-corrected chi connectivity index (χ4v) is 3.10. The molecule has 1 N–H and O–H groups in total. The van der Waals surface area contributed by atoms with Crippen molar-refractivity contribution in [3.8, 4) is 0 Å². The average molecular weight is 370 g/mol. The SMILES string of the molecule is Cc1cccc(NC(=O)COC(=O)[C@@H]2CCCN2C(=O)c2ccco2)c1C. The number of anilines is 1. The molecule has 1 saturated heterocycles. The maximum atomic E-state index is 12.4. The van der Waals surface area contributed by atoms with Crippen LogP contribution in [0.5, 0.6) is 0 Å². The van der Waals surface area contributed by atoms with Crippen LogP contribution in [0.25, 0.3) is 0 Å². The number of carbonyl (C=O) groups excluding carboxylic acids is 3. The lowest BCUT2D eigenvalue weighted by Gasteiger charge is -2.22. The van der Waals surface area contributed by atoms with Crippen LogP contribution in [-0.4, -0.2) is 41.9 Å². The zero-order chi connectivity index (χ0) is 19.4. The van der Waals surface area contributed by atoms with E-state index in [-0.39, 0.29) is 11.7 Å². The highest BCUT2D eigenvalue weighted by molar-refractivity contribution is 5.96. The van der Waals surface area contributed by atoms with Gasteiger partial charge in [0.1, 0.15) is 6.04 Å². The number of furan rings is 1. The van der Waals surface area contributed by atoms with Crippen molar-refractivity contribution in [1.82, 2.24) is 4.90 Å². The lowest BCUT2D eigenvalue weighted by Crippen LogP contribution is -2.42. The van der Waals surface area contributed by atoms with Gasteiger partial charge in [-0.05, 0) is 56.0 Å². The van der Waals surface area contributed by atoms with Crippen molar-refractivity contribution in [1.29, 1.82) is 0 Å². The summed E-state index contributed by atoms with van der Waals surface area (Å²) in [6.07, 6.45) is 2.61. The largest absolute Gasteiger partial charge is 0.459 e. The highest BCUT2D eigenvalue weighted by Crippen LogP contribution is 2.22. The number of nitrogens with zero attached hydrogens (tertiary/aromatic N) is 1. The van der Waals surface area contributed by atoms with E-state index in [2.05, 4.69) is 5.32 Å². The second kappa shape index (κ2) is 8.07. The van der Waals surface area contributed by atoms with E-state index in [1.165, 1.54) is 11.2 Å². The molecule has 1 aromatic carbocycles. The van der Waals surface area contributed by atoms with Crippen LogP contribution in [0.1, 0.15) is 34.5 Å². The van der Waals surface area contributed by atoms with Crippen LogP contribution in [-0.2, 0) is 14.3 Å². The Balaban J connectivity index is 1.56. The molecule has 3 rings (SSSR count). The van der Waals surface area contributed by atoms with Gasteiger partial charge in [-0.15, -0.1) is 0 Å². The molecular formula is C20H22N2O5. The minimum atomic E-state index is -0.698. The van der Waals surface area contributed by atoms with Crippen molar-refractivity contribution in [3.05, 3.63) is 53.5 Å². The van der Waals surface area contributed by atoms with Crippen molar-refractivity contribution in [3.63, 3.8) is 0 Å². The van der Waals surface area contributed by atoms with Crippen molar-refractivity contribution in [2.24, 2.45) is 0 Å². The number of hydrogen-bond donors (Lipinski definition) is 1. The summed E-state index contributed by atoms with van der Waals surface area (Å²) in [7, 11) is 0. The number of esters is 1. The third-order valence-electron chi connectivity index (χ3n) is 4.74. The first-order valence-electron chi connectivity index (χ1n) is 8.84. The molecule has 142 valence electrons. The molecule has 2 heterocycles. The summed E-state index contributed by atoms with van der Waals surface area (Å²) in [5, 5.41) is 2.74. The van der Waals surface area contributed by atoms with Gasteiger partial charge in [-0.25, -0.2) is 4.79 Å². The van der Waals surface area contributed by atoms with Gasteiger partial charge in [0.25, 0.3) is 11.8 Å². The van der Waals surface area contributed by atoms with E-state index in [0.717, 1.165) is 11.1 Å². The average Bonchev–Trinajstić information content (AvgIpc) is 3.34. The Kier molecular flexibility index (Phi) is 5.59. The maximum absolute atomic E-state index is 12.4. The Morgan fingerprint density at radius 1 is 1.22 bits per heavy atom. The summed E-state index contributed by atoms with van der Waals surface area (Å²) in [5.41, 5.74) is 2.71. The number of aryl methyl sites for hydroxylation is 1. The third kappa shape index (κ3) is 4.19. The fraction of sp³-hybridized carbons (Fsp3) is 0.350. The van der Waals surface area contributed by atoms with E-state index in [1.54, 1.807) is 18.2 Å². The number of ether oxygens (including phenoxy) is 1. The Bertz CT molecular complexity index is 844. The van der Waals surface area contributed by atoms with Crippen LogP contribution < -0.4 is 5.32 Å². The third-order valence-corrected chi connectivity index (χ3v) is 4.74. The van der Waals surface area contributed by atoms with Crippen LogP contribution in [0, 0.1) is 13.8 Å². The Morgan fingerprint density at radius 3 is 2.78 bits per heavy atom. The molecule has 1 aliphatic heterocycles. The number of benzene rings is 1. The first kappa shape index (κ1) is 18.7. The number of hydrogen-bond acceptors (Lipinski definition) is 5. The predicted octanol–water partition coefficient (Wildman–Crippen LogP) is 2.68. The van der Waals surface area contributed by atoms with E-state index in [1.807, 2.05) is 26.0 Å². The Hall–Kier alpha value is -3.09. The number of carbonyl (C=O) groups is 3. The molecule has 0 unspecified atom stereocenters. The van der Waals surface area contributed by atoms with Gasteiger partial charge in [0.05, 0.1) is 6.26 Å². The maximum Gasteiger partial charge on any atom is 0.329 e.